The van der Waals surface area contributed by atoms with Gasteiger partial charge in [0.2, 0.25) is 0 Å². The molecule has 0 aliphatic carbocycles. The highest BCUT2D eigenvalue weighted by Crippen LogP contribution is 2.19. The first-order valence-electron chi connectivity index (χ1n) is 8.65. The zero-order chi connectivity index (χ0) is 16.2. The van der Waals surface area contributed by atoms with Gasteiger partial charge in [0.15, 0.2) is 0 Å². The van der Waals surface area contributed by atoms with E-state index in [4.69, 9.17) is 4.74 Å². The summed E-state index contributed by atoms with van der Waals surface area (Å²) in [5.41, 5.74) is 7.09. The maximum Gasteiger partial charge on any atom is 0.137 e. The Balaban J connectivity index is 4.31. The molecule has 0 spiro atoms. The molecule has 0 saturated heterocycles. The molecule has 0 rings (SSSR count). The lowest BCUT2D eigenvalue weighted by Crippen LogP contribution is -2.29. The summed E-state index contributed by atoms with van der Waals surface area (Å²) in [6.45, 7) is 14.8. The third-order valence-corrected chi connectivity index (χ3v) is 14.7. The summed E-state index contributed by atoms with van der Waals surface area (Å²) in [4.78, 5) is 0. The third-order valence-electron chi connectivity index (χ3n) is 5.12. The predicted octanol–water partition coefficient (Wildman–Crippen LogP) is 5.11. The Kier molecular flexibility index (Phi) is 10.9. The average Bonchev–Trinajstić information content (AvgIpc) is 2.55. The van der Waals surface area contributed by atoms with Crippen LogP contribution >= 0.6 is 0 Å². The van der Waals surface area contributed by atoms with E-state index in [0.29, 0.717) is 13.2 Å². The topological polar surface area (TPSA) is 9.23 Å². The maximum atomic E-state index is 5.59. The van der Waals surface area contributed by atoms with Crippen LogP contribution in [0.25, 0.3) is 0 Å². The van der Waals surface area contributed by atoms with E-state index in [2.05, 4.69) is 64.5 Å². The van der Waals surface area contributed by atoms with Crippen LogP contribution in [0.4, 0.5) is 0 Å². The molecule has 120 valence electrons. The highest BCUT2D eigenvalue weighted by molar-refractivity contribution is 6.87. The van der Waals surface area contributed by atoms with Crippen LogP contribution in [0.15, 0.2) is 0 Å². The molecule has 0 atom stereocenters. The molecule has 0 aromatic rings. The Morgan fingerprint density at radius 1 is 0.571 bits per heavy atom. The van der Waals surface area contributed by atoms with Crippen molar-refractivity contribution in [3.05, 3.63) is 0 Å². The van der Waals surface area contributed by atoms with Gasteiger partial charge >= 0.3 is 0 Å². The molecule has 0 aromatic heterocycles. The highest BCUT2D eigenvalue weighted by atomic mass is 28.3. The largest absolute Gasteiger partial charge is 0.356 e. The molecule has 0 heterocycles. The zero-order valence-corrected chi connectivity index (χ0v) is 17.1. The van der Waals surface area contributed by atoms with Crippen molar-refractivity contribution in [1.29, 1.82) is 0 Å². The van der Waals surface area contributed by atoms with E-state index in [1.54, 1.807) is 0 Å². The van der Waals surface area contributed by atoms with Crippen LogP contribution in [0.1, 0.15) is 41.5 Å². The van der Waals surface area contributed by atoms with Gasteiger partial charge in [-0.3, -0.25) is 0 Å². The SMILES string of the molecule is CC[Si](C#CCOCC#C[Si](CC)(CC)CC)(CC)CC. The van der Waals surface area contributed by atoms with Crippen molar-refractivity contribution in [3.63, 3.8) is 0 Å². The van der Waals surface area contributed by atoms with Gasteiger partial charge in [0.05, 0.1) is 0 Å². The molecule has 0 aliphatic heterocycles. The Morgan fingerprint density at radius 2 is 0.857 bits per heavy atom. The molecular weight excluding hydrogens is 288 g/mol. The van der Waals surface area contributed by atoms with Crippen molar-refractivity contribution in [2.24, 2.45) is 0 Å². The summed E-state index contributed by atoms with van der Waals surface area (Å²) in [6, 6.07) is 7.53. The molecule has 0 amide bonds. The maximum absolute atomic E-state index is 5.59. The molecule has 0 aliphatic rings. The second-order valence-corrected chi connectivity index (χ2v) is 15.6. The van der Waals surface area contributed by atoms with Crippen molar-refractivity contribution in [1.82, 2.24) is 0 Å². The van der Waals surface area contributed by atoms with Crippen LogP contribution in [0, 0.1) is 22.9 Å². The zero-order valence-electron chi connectivity index (χ0n) is 15.1. The standard InChI is InChI=1S/C18H34OSi2/c1-7-20(8-2,9-3)17-13-15-19-16-14-18-21(10-4,11-5)12-6/h7-12,15-16H2,1-6H3. The van der Waals surface area contributed by atoms with Crippen LogP contribution in [-0.2, 0) is 4.74 Å². The van der Waals surface area contributed by atoms with Gasteiger partial charge in [0.1, 0.15) is 29.4 Å². The highest BCUT2D eigenvalue weighted by Gasteiger charge is 2.24. The minimum absolute atomic E-state index is 0.544. The molecule has 0 fully saturated rings. The van der Waals surface area contributed by atoms with Gasteiger partial charge in [-0.1, -0.05) is 53.4 Å². The Labute approximate surface area is 135 Å². The minimum atomic E-state index is -1.30. The summed E-state index contributed by atoms with van der Waals surface area (Å²) in [7, 11) is -2.61. The van der Waals surface area contributed by atoms with Crippen molar-refractivity contribution >= 4 is 16.1 Å². The van der Waals surface area contributed by atoms with E-state index < -0.39 is 16.1 Å². The van der Waals surface area contributed by atoms with Crippen LogP contribution in [-0.4, -0.2) is 29.4 Å². The Hall–Kier alpha value is -0.486. The first-order chi connectivity index (χ1) is 10.1. The van der Waals surface area contributed by atoms with Crippen LogP contribution in [0.3, 0.4) is 0 Å². The van der Waals surface area contributed by atoms with Gasteiger partial charge in [-0.2, -0.15) is 0 Å². The fourth-order valence-electron chi connectivity index (χ4n) is 2.63. The average molecular weight is 323 g/mol. The lowest BCUT2D eigenvalue weighted by molar-refractivity contribution is 0.204. The van der Waals surface area contributed by atoms with E-state index in [1.807, 2.05) is 0 Å². The van der Waals surface area contributed by atoms with Gasteiger partial charge in [-0.05, 0) is 36.3 Å². The molecule has 1 nitrogen and oxygen atoms in total. The van der Waals surface area contributed by atoms with Crippen molar-refractivity contribution in [2.45, 2.75) is 77.8 Å². The molecule has 0 bridgehead atoms. The minimum Gasteiger partial charge on any atom is -0.356 e. The first-order valence-corrected chi connectivity index (χ1v) is 13.9. The quantitative estimate of drug-likeness (QED) is 0.343. The monoisotopic (exact) mass is 322 g/mol. The van der Waals surface area contributed by atoms with E-state index >= 15 is 0 Å². The second kappa shape index (κ2) is 11.1. The number of rotatable bonds is 8. The summed E-state index contributed by atoms with van der Waals surface area (Å²) in [5.74, 6) is 6.50. The molecule has 3 heteroatoms. The molecule has 0 aromatic carbocycles. The van der Waals surface area contributed by atoms with Gasteiger partial charge in [-0.15, -0.1) is 11.1 Å². The normalized spacial score (nSPS) is 11.3. The van der Waals surface area contributed by atoms with E-state index in [9.17, 15) is 0 Å². The number of ether oxygens (including phenoxy) is 1. The Bertz CT molecular complexity index is 332. The smallest absolute Gasteiger partial charge is 0.137 e. The van der Waals surface area contributed by atoms with Crippen molar-refractivity contribution in [2.75, 3.05) is 13.2 Å². The molecule has 0 unspecified atom stereocenters. The summed E-state index contributed by atoms with van der Waals surface area (Å²) in [5, 5.41) is 0. The van der Waals surface area contributed by atoms with Crippen LogP contribution in [0.2, 0.25) is 36.3 Å². The second-order valence-electron chi connectivity index (χ2n) is 5.78. The summed E-state index contributed by atoms with van der Waals surface area (Å²) in [6.07, 6.45) is 0. The van der Waals surface area contributed by atoms with Crippen molar-refractivity contribution in [3.8, 4) is 22.9 Å². The molecular formula is C18H34OSi2. The lowest BCUT2D eigenvalue weighted by Gasteiger charge is -2.20. The predicted molar refractivity (Wildman–Crippen MR) is 101 cm³/mol. The third kappa shape index (κ3) is 6.87. The summed E-state index contributed by atoms with van der Waals surface area (Å²) < 4.78 is 5.59. The fraction of sp³-hybridized carbons (Fsp3) is 0.778. The molecule has 0 radical (unpaired) electrons. The lowest BCUT2D eigenvalue weighted by atomic mass is 10.7. The van der Waals surface area contributed by atoms with E-state index in [0.717, 1.165) is 0 Å². The Morgan fingerprint density at radius 3 is 1.10 bits per heavy atom. The summed E-state index contributed by atoms with van der Waals surface area (Å²) >= 11 is 0. The van der Waals surface area contributed by atoms with E-state index in [1.165, 1.54) is 36.3 Å². The van der Waals surface area contributed by atoms with Gasteiger partial charge in [0.25, 0.3) is 0 Å². The fourth-order valence-corrected chi connectivity index (χ4v) is 7.59. The van der Waals surface area contributed by atoms with Gasteiger partial charge in [-0.25, -0.2) is 0 Å². The van der Waals surface area contributed by atoms with Gasteiger partial charge < -0.3 is 4.74 Å². The molecule has 0 N–H and O–H groups in total. The van der Waals surface area contributed by atoms with Crippen LogP contribution in [0.5, 0.6) is 0 Å². The molecule has 0 saturated carbocycles. The number of hydrogen-bond acceptors (Lipinski definition) is 1. The van der Waals surface area contributed by atoms with Crippen LogP contribution < -0.4 is 0 Å². The van der Waals surface area contributed by atoms with Crippen molar-refractivity contribution < 1.29 is 4.74 Å². The molecule has 21 heavy (non-hydrogen) atoms. The first kappa shape index (κ1) is 20.5. The van der Waals surface area contributed by atoms with E-state index in [-0.39, 0.29) is 0 Å². The number of hydrogen-bond donors (Lipinski definition) is 0. The van der Waals surface area contributed by atoms with Gasteiger partial charge in [0, 0.05) is 0 Å².